The number of carbonyl (C=O) groups is 2. The van der Waals surface area contributed by atoms with E-state index in [1.54, 1.807) is 0 Å². The summed E-state index contributed by atoms with van der Waals surface area (Å²) < 4.78 is 0. The first kappa shape index (κ1) is 24.2. The van der Waals surface area contributed by atoms with Gasteiger partial charge in [-0.2, -0.15) is 0 Å². The summed E-state index contributed by atoms with van der Waals surface area (Å²) in [5, 5.41) is 31.3. The predicted molar refractivity (Wildman–Crippen MR) is 122 cm³/mol. The molecule has 0 aromatic heterocycles. The second kappa shape index (κ2) is 8.66. The monoisotopic (exact) mass is 449 g/mol. The summed E-state index contributed by atoms with van der Waals surface area (Å²) in [6.45, 7) is 6.70. The molecule has 0 heterocycles. The molecular formula is C26H43NO5. The van der Waals surface area contributed by atoms with Crippen LogP contribution in [0, 0.1) is 52.3 Å². The number of aliphatic carboxylic acids is 1. The number of nitrogens with two attached hydrogens (primary N) is 1. The summed E-state index contributed by atoms with van der Waals surface area (Å²) in [4.78, 5) is 24.1. The van der Waals surface area contributed by atoms with Crippen molar-refractivity contribution in [1.82, 2.24) is 0 Å². The highest BCUT2D eigenvalue weighted by Crippen LogP contribution is 2.69. The van der Waals surface area contributed by atoms with Crippen LogP contribution < -0.4 is 5.73 Å². The minimum absolute atomic E-state index is 0.0178. The molecule has 0 aromatic rings. The second-order valence-corrected chi connectivity index (χ2v) is 12.1. The SMILES string of the molecule is C[C@H](CCC(=O)O)[C@H]1CCC2C3CC[C@@H]4C[C@H](O)CC(C(=O)CN)[C@]4(C)C3C[C@H](O)[C@@]21C. The third-order valence-electron chi connectivity index (χ3n) is 11.0. The number of hydrogen-bond acceptors (Lipinski definition) is 5. The van der Waals surface area contributed by atoms with Crippen LogP contribution in [0.3, 0.4) is 0 Å². The molecule has 4 unspecified atom stereocenters. The van der Waals surface area contributed by atoms with Gasteiger partial charge in [-0.25, -0.2) is 0 Å². The van der Waals surface area contributed by atoms with Crippen LogP contribution in [0.2, 0.25) is 0 Å². The molecule has 4 rings (SSSR count). The molecule has 6 heteroatoms. The van der Waals surface area contributed by atoms with Gasteiger partial charge in [0.05, 0.1) is 18.8 Å². The van der Waals surface area contributed by atoms with Crippen molar-refractivity contribution < 1.29 is 24.9 Å². The molecule has 0 amide bonds. The topological polar surface area (TPSA) is 121 Å². The molecule has 4 aliphatic rings. The molecule has 182 valence electrons. The third kappa shape index (κ3) is 3.56. The van der Waals surface area contributed by atoms with Crippen LogP contribution in [0.25, 0.3) is 0 Å². The number of hydrogen-bond donors (Lipinski definition) is 4. The average Bonchev–Trinajstić information content (AvgIpc) is 3.11. The Morgan fingerprint density at radius 2 is 1.72 bits per heavy atom. The van der Waals surface area contributed by atoms with Gasteiger partial charge >= 0.3 is 5.97 Å². The van der Waals surface area contributed by atoms with Gasteiger partial charge in [0, 0.05) is 12.3 Å². The van der Waals surface area contributed by atoms with Crippen molar-refractivity contribution in [1.29, 1.82) is 0 Å². The minimum Gasteiger partial charge on any atom is -0.481 e. The molecule has 0 aliphatic heterocycles. The number of carbonyl (C=O) groups excluding carboxylic acids is 1. The fraction of sp³-hybridized carbons (Fsp3) is 0.923. The van der Waals surface area contributed by atoms with Crippen LogP contribution in [0.15, 0.2) is 0 Å². The number of rotatable bonds is 6. The lowest BCUT2D eigenvalue weighted by atomic mass is 9.41. The molecule has 0 spiro atoms. The molecular weight excluding hydrogens is 406 g/mol. The van der Waals surface area contributed by atoms with E-state index < -0.39 is 18.2 Å². The summed E-state index contributed by atoms with van der Waals surface area (Å²) >= 11 is 0. The largest absolute Gasteiger partial charge is 0.481 e. The lowest BCUT2D eigenvalue weighted by Gasteiger charge is -2.64. The van der Waals surface area contributed by atoms with Crippen molar-refractivity contribution in [2.75, 3.05) is 6.54 Å². The highest BCUT2D eigenvalue weighted by atomic mass is 16.4. The molecule has 5 N–H and O–H groups in total. The van der Waals surface area contributed by atoms with Crippen molar-refractivity contribution in [3.05, 3.63) is 0 Å². The van der Waals surface area contributed by atoms with Gasteiger partial charge in [0.25, 0.3) is 0 Å². The van der Waals surface area contributed by atoms with Gasteiger partial charge in [-0.15, -0.1) is 0 Å². The number of aliphatic hydroxyl groups is 2. The Balaban J connectivity index is 1.63. The van der Waals surface area contributed by atoms with Crippen LogP contribution in [0.1, 0.15) is 78.6 Å². The van der Waals surface area contributed by atoms with Crippen LogP contribution in [-0.4, -0.2) is 45.8 Å². The van der Waals surface area contributed by atoms with E-state index in [1.807, 2.05) is 0 Å². The van der Waals surface area contributed by atoms with Crippen LogP contribution in [-0.2, 0) is 9.59 Å². The lowest BCUT2D eigenvalue weighted by Crippen LogP contribution is -2.62. The van der Waals surface area contributed by atoms with Crippen molar-refractivity contribution >= 4 is 11.8 Å². The maximum absolute atomic E-state index is 12.9. The number of aliphatic hydroxyl groups excluding tert-OH is 2. The Morgan fingerprint density at radius 3 is 2.38 bits per heavy atom. The number of ketones is 1. The van der Waals surface area contributed by atoms with Gasteiger partial charge in [0.15, 0.2) is 0 Å². The average molecular weight is 450 g/mol. The van der Waals surface area contributed by atoms with E-state index in [-0.39, 0.29) is 47.3 Å². The van der Waals surface area contributed by atoms with Crippen LogP contribution in [0.5, 0.6) is 0 Å². The summed E-state index contributed by atoms with van der Waals surface area (Å²) in [7, 11) is 0. The molecule has 4 aliphatic carbocycles. The summed E-state index contributed by atoms with van der Waals surface area (Å²) in [6.07, 6.45) is 6.19. The van der Waals surface area contributed by atoms with Gasteiger partial charge in [-0.3, -0.25) is 9.59 Å². The zero-order valence-electron chi connectivity index (χ0n) is 20.0. The van der Waals surface area contributed by atoms with Crippen molar-refractivity contribution in [2.45, 2.75) is 90.8 Å². The van der Waals surface area contributed by atoms with E-state index in [0.717, 1.165) is 32.1 Å². The van der Waals surface area contributed by atoms with Crippen molar-refractivity contribution in [3.8, 4) is 0 Å². The zero-order chi connectivity index (χ0) is 23.4. The molecule has 11 atom stereocenters. The van der Waals surface area contributed by atoms with Gasteiger partial charge in [0.1, 0.15) is 5.78 Å². The molecule has 0 aromatic carbocycles. The maximum Gasteiger partial charge on any atom is 0.303 e. The fourth-order valence-electron chi connectivity index (χ4n) is 9.44. The van der Waals surface area contributed by atoms with Gasteiger partial charge in [0.2, 0.25) is 0 Å². The number of fused-ring (bicyclic) bond motifs is 5. The first-order valence-corrected chi connectivity index (χ1v) is 12.9. The molecule has 0 bridgehead atoms. The zero-order valence-corrected chi connectivity index (χ0v) is 20.0. The molecule has 32 heavy (non-hydrogen) atoms. The number of carboxylic acid groups (broad SMARTS) is 1. The number of Topliss-reactive ketones (excluding diaryl/α,β-unsaturated/α-hetero) is 1. The van der Waals surface area contributed by atoms with E-state index in [4.69, 9.17) is 10.8 Å². The molecule has 0 saturated heterocycles. The van der Waals surface area contributed by atoms with Gasteiger partial charge in [-0.1, -0.05) is 20.8 Å². The first-order chi connectivity index (χ1) is 15.0. The Morgan fingerprint density at radius 1 is 1.00 bits per heavy atom. The Labute approximate surface area is 192 Å². The lowest BCUT2D eigenvalue weighted by molar-refractivity contribution is -0.194. The number of carboxylic acids is 1. The van der Waals surface area contributed by atoms with Gasteiger partial charge in [-0.05, 0) is 97.7 Å². The van der Waals surface area contributed by atoms with E-state index in [1.165, 1.54) is 0 Å². The third-order valence-corrected chi connectivity index (χ3v) is 11.0. The smallest absolute Gasteiger partial charge is 0.303 e. The van der Waals surface area contributed by atoms with Gasteiger partial charge < -0.3 is 21.1 Å². The summed E-state index contributed by atoms with van der Waals surface area (Å²) in [5.41, 5.74) is 5.40. The van der Waals surface area contributed by atoms with Crippen LogP contribution >= 0.6 is 0 Å². The standard InChI is InChI=1S/C26H43NO5/c1-14(4-9-24(31)32)18-7-8-19-17-6-5-15-10-16(28)11-21(22(29)13-27)25(15,2)20(17)12-23(30)26(18,19)3/h14-21,23,28,30H,4-13,27H2,1-3H3,(H,31,32)/t14-,15-,16+,17?,18-,19?,20?,21?,23+,25+,26-/m1/s1. The maximum atomic E-state index is 12.9. The van der Waals surface area contributed by atoms with Crippen molar-refractivity contribution in [3.63, 3.8) is 0 Å². The first-order valence-electron chi connectivity index (χ1n) is 12.9. The molecule has 0 radical (unpaired) electrons. The highest BCUT2D eigenvalue weighted by Gasteiger charge is 2.65. The molecule has 4 fully saturated rings. The van der Waals surface area contributed by atoms with Crippen LogP contribution in [0.4, 0.5) is 0 Å². The normalized spacial score (nSPS) is 48.9. The second-order valence-electron chi connectivity index (χ2n) is 12.1. The Hall–Kier alpha value is -0.980. The fourth-order valence-corrected chi connectivity index (χ4v) is 9.44. The Kier molecular flexibility index (Phi) is 6.54. The summed E-state index contributed by atoms with van der Waals surface area (Å²) in [6, 6.07) is 0. The minimum atomic E-state index is -0.748. The van der Waals surface area contributed by atoms with E-state index >= 15 is 0 Å². The van der Waals surface area contributed by atoms with E-state index in [0.29, 0.717) is 42.9 Å². The quantitative estimate of drug-likeness (QED) is 0.494. The highest BCUT2D eigenvalue weighted by molar-refractivity contribution is 5.83. The van der Waals surface area contributed by atoms with Crippen molar-refractivity contribution in [2.24, 2.45) is 58.0 Å². The molecule has 6 nitrogen and oxygen atoms in total. The molecule has 4 saturated carbocycles. The van der Waals surface area contributed by atoms with E-state index in [2.05, 4.69) is 20.8 Å². The summed E-state index contributed by atoms with van der Waals surface area (Å²) in [5.74, 6) is 1.16. The predicted octanol–water partition coefficient (Wildman–Crippen LogP) is 3.23. The van der Waals surface area contributed by atoms with E-state index in [9.17, 15) is 19.8 Å². The Bertz CT molecular complexity index is 742.